The molecule has 0 bridgehead atoms. The number of nitrogens with zero attached hydrogens (tertiary/aromatic N) is 2. The first-order chi connectivity index (χ1) is 30.7. The van der Waals surface area contributed by atoms with Crippen molar-refractivity contribution in [3.63, 3.8) is 0 Å². The van der Waals surface area contributed by atoms with Gasteiger partial charge in [0.15, 0.2) is 5.58 Å². The van der Waals surface area contributed by atoms with Crippen LogP contribution in [0.1, 0.15) is 28.8 Å². The molecule has 294 valence electrons. The van der Waals surface area contributed by atoms with Gasteiger partial charge in [0.1, 0.15) is 22.6 Å². The van der Waals surface area contributed by atoms with E-state index in [4.69, 9.17) is 13.8 Å². The molecule has 0 aliphatic carbocycles. The molecule has 0 spiro atoms. The van der Waals surface area contributed by atoms with Crippen molar-refractivity contribution in [3.8, 4) is 11.1 Å². The number of hydrogen-bond acceptors (Lipinski definition) is 5. The molecule has 11 aromatic rings. The number of nitrogens with one attached hydrogen (secondary N) is 1. The average Bonchev–Trinajstić information content (AvgIpc) is 3.84. The van der Waals surface area contributed by atoms with Gasteiger partial charge in [-0.3, -0.25) is 4.99 Å². The Labute approximate surface area is 358 Å². The van der Waals surface area contributed by atoms with Crippen molar-refractivity contribution >= 4 is 77.5 Å². The Hall–Kier alpha value is -8.15. The van der Waals surface area contributed by atoms with E-state index in [1.165, 1.54) is 10.9 Å². The summed E-state index contributed by atoms with van der Waals surface area (Å²) in [5.41, 5.74) is 11.8. The summed E-state index contributed by atoms with van der Waals surface area (Å²) in [5.74, 6) is 0.784. The molecule has 2 aromatic heterocycles. The van der Waals surface area contributed by atoms with Crippen LogP contribution in [-0.4, -0.2) is 5.84 Å². The first-order valence-corrected chi connectivity index (χ1v) is 21.1. The summed E-state index contributed by atoms with van der Waals surface area (Å²) in [6.45, 7) is 0. The predicted molar refractivity (Wildman–Crippen MR) is 256 cm³/mol. The summed E-state index contributed by atoms with van der Waals surface area (Å²) in [4.78, 5) is 7.97. The van der Waals surface area contributed by atoms with Gasteiger partial charge in [0.05, 0.1) is 17.8 Å². The lowest BCUT2D eigenvalue weighted by Gasteiger charge is -2.27. The van der Waals surface area contributed by atoms with Crippen LogP contribution >= 0.6 is 0 Å². The maximum Gasteiger partial charge on any atom is 0.160 e. The molecule has 1 aliphatic rings. The molecular weight excluding hydrogens is 759 g/mol. The van der Waals surface area contributed by atoms with Crippen molar-refractivity contribution < 1.29 is 8.83 Å². The van der Waals surface area contributed by atoms with Crippen molar-refractivity contribution in [1.82, 2.24) is 5.32 Å². The van der Waals surface area contributed by atoms with Gasteiger partial charge < -0.3 is 19.1 Å². The summed E-state index contributed by atoms with van der Waals surface area (Å²) >= 11 is 0. The second kappa shape index (κ2) is 14.8. The monoisotopic (exact) mass is 797 g/mol. The van der Waals surface area contributed by atoms with Crippen molar-refractivity contribution in [1.29, 1.82) is 0 Å². The summed E-state index contributed by atoms with van der Waals surface area (Å²) in [5, 5.41) is 10.4. The zero-order valence-corrected chi connectivity index (χ0v) is 33.7. The molecule has 1 aliphatic heterocycles. The summed E-state index contributed by atoms with van der Waals surface area (Å²) in [7, 11) is 0. The Morgan fingerprint density at radius 1 is 0.468 bits per heavy atom. The molecule has 2 atom stereocenters. The molecule has 1 N–H and O–H groups in total. The number of rotatable bonds is 7. The normalized spacial score (nSPS) is 15.3. The van der Waals surface area contributed by atoms with Gasteiger partial charge in [0.2, 0.25) is 0 Å². The number of aliphatic imine (C=N–C) groups is 1. The highest BCUT2D eigenvalue weighted by Crippen LogP contribution is 2.45. The molecule has 0 fully saturated rings. The van der Waals surface area contributed by atoms with Gasteiger partial charge in [0, 0.05) is 38.5 Å². The van der Waals surface area contributed by atoms with Gasteiger partial charge in [-0.2, -0.15) is 0 Å². The van der Waals surface area contributed by atoms with Gasteiger partial charge in [0.25, 0.3) is 0 Å². The van der Waals surface area contributed by atoms with E-state index in [2.05, 4.69) is 204 Å². The summed E-state index contributed by atoms with van der Waals surface area (Å²) < 4.78 is 13.4. The number of amidine groups is 1. The van der Waals surface area contributed by atoms with Crippen LogP contribution in [0.25, 0.3) is 65.8 Å². The highest BCUT2D eigenvalue weighted by atomic mass is 16.3. The fourth-order valence-electron chi connectivity index (χ4n) is 9.22. The largest absolute Gasteiger partial charge is 0.456 e. The van der Waals surface area contributed by atoms with E-state index in [-0.39, 0.29) is 12.1 Å². The zero-order chi connectivity index (χ0) is 41.0. The number of anilines is 3. The zero-order valence-electron chi connectivity index (χ0n) is 33.7. The smallest absolute Gasteiger partial charge is 0.160 e. The van der Waals surface area contributed by atoms with Crippen LogP contribution in [0.2, 0.25) is 0 Å². The van der Waals surface area contributed by atoms with E-state index < -0.39 is 0 Å². The van der Waals surface area contributed by atoms with Crippen LogP contribution in [-0.2, 0) is 0 Å². The highest BCUT2D eigenvalue weighted by Gasteiger charge is 2.27. The van der Waals surface area contributed by atoms with Crippen LogP contribution in [0.5, 0.6) is 0 Å². The van der Waals surface area contributed by atoms with Crippen molar-refractivity contribution in [2.24, 2.45) is 4.99 Å². The molecule has 2 unspecified atom stereocenters. The fraction of sp³-hybridized carbons (Fsp3) is 0.0351. The summed E-state index contributed by atoms with van der Waals surface area (Å²) in [6.07, 6.45) is 4.48. The predicted octanol–water partition coefficient (Wildman–Crippen LogP) is 15.2. The fourth-order valence-corrected chi connectivity index (χ4v) is 9.22. The second-order valence-corrected chi connectivity index (χ2v) is 15.9. The lowest BCUT2D eigenvalue weighted by molar-refractivity contribution is 0.668. The molecule has 0 saturated carbocycles. The molecular formula is C57H39N3O2. The van der Waals surface area contributed by atoms with Crippen molar-refractivity contribution in [2.75, 3.05) is 4.90 Å². The standard InChI is InChI=1S/C57H39N3O2/c1-3-14-37(15-4-1)39-26-29-42(30-27-39)60(43-31-28-38-16-7-8-19-41(38)36-43)50-35-32-47(55-46-21-10-12-24-52(46)62-56(50)55)57-58-48(40-17-5-2-6-18-40)33-34-49(59-57)44-22-13-25-53-54(44)45-20-9-11-23-51(45)61-53/h1-36,48-49H,(H,58,59). The van der Waals surface area contributed by atoms with Crippen LogP contribution in [0.3, 0.4) is 0 Å². The minimum absolute atomic E-state index is 0.134. The molecule has 0 radical (unpaired) electrons. The van der Waals surface area contributed by atoms with Crippen molar-refractivity contribution in [3.05, 3.63) is 235 Å². The Morgan fingerprint density at radius 3 is 1.92 bits per heavy atom. The third-order valence-electron chi connectivity index (χ3n) is 12.2. The number of para-hydroxylation sites is 2. The number of hydrogen-bond donors (Lipinski definition) is 1. The van der Waals surface area contributed by atoms with Gasteiger partial charge in [-0.25, -0.2) is 0 Å². The second-order valence-electron chi connectivity index (χ2n) is 15.9. The molecule has 9 aromatic carbocycles. The highest BCUT2D eigenvalue weighted by molar-refractivity contribution is 6.21. The van der Waals surface area contributed by atoms with E-state index in [0.29, 0.717) is 0 Å². The molecule has 3 heterocycles. The molecule has 12 rings (SSSR count). The molecule has 62 heavy (non-hydrogen) atoms. The summed E-state index contributed by atoms with van der Waals surface area (Å²) in [6, 6.07) is 71.9. The lowest BCUT2D eigenvalue weighted by atomic mass is 9.99. The first-order valence-electron chi connectivity index (χ1n) is 21.1. The number of fused-ring (bicyclic) bond motifs is 7. The van der Waals surface area contributed by atoms with Gasteiger partial charge >= 0.3 is 0 Å². The van der Waals surface area contributed by atoms with E-state index >= 15 is 0 Å². The molecule has 5 heteroatoms. The first kappa shape index (κ1) is 35.8. The third-order valence-corrected chi connectivity index (χ3v) is 12.2. The van der Waals surface area contributed by atoms with Crippen LogP contribution in [0.4, 0.5) is 17.1 Å². The number of benzene rings is 9. The van der Waals surface area contributed by atoms with E-state index in [1.54, 1.807) is 0 Å². The van der Waals surface area contributed by atoms with Crippen molar-refractivity contribution in [2.45, 2.75) is 12.1 Å². The maximum absolute atomic E-state index is 7.02. The lowest BCUT2D eigenvalue weighted by Crippen LogP contribution is -2.28. The molecule has 0 amide bonds. The Morgan fingerprint density at radius 2 is 1.11 bits per heavy atom. The van der Waals surface area contributed by atoms with Crippen LogP contribution < -0.4 is 10.2 Å². The maximum atomic E-state index is 7.02. The third kappa shape index (κ3) is 6.13. The minimum atomic E-state index is -0.305. The molecule has 0 saturated heterocycles. The number of furan rings is 2. The van der Waals surface area contributed by atoms with Gasteiger partial charge in [-0.15, -0.1) is 0 Å². The topological polar surface area (TPSA) is 53.9 Å². The minimum Gasteiger partial charge on any atom is -0.456 e. The van der Waals surface area contributed by atoms with E-state index in [1.807, 2.05) is 24.3 Å². The van der Waals surface area contributed by atoms with E-state index in [0.717, 1.165) is 94.4 Å². The Bertz CT molecular complexity index is 3510. The van der Waals surface area contributed by atoms with Gasteiger partial charge in [-0.05, 0) is 87.6 Å². The Balaban J connectivity index is 1.08. The molecule has 5 nitrogen and oxygen atoms in total. The van der Waals surface area contributed by atoms with Crippen LogP contribution in [0, 0.1) is 0 Å². The van der Waals surface area contributed by atoms with E-state index in [9.17, 15) is 0 Å². The SMILES string of the molecule is C1=CC(c2ccccc2)NC(c2ccc(N(c3ccc(-c4ccccc4)cc3)c3ccc4ccccc4c3)c3oc4ccccc4c23)=NC1c1cccc2oc3ccccc3c12. The average molecular weight is 798 g/mol. The Kier molecular flexibility index (Phi) is 8.56. The van der Waals surface area contributed by atoms with Crippen LogP contribution in [0.15, 0.2) is 232 Å². The van der Waals surface area contributed by atoms with Gasteiger partial charge in [-0.1, -0.05) is 164 Å². The quantitative estimate of drug-likeness (QED) is 0.163.